The summed E-state index contributed by atoms with van der Waals surface area (Å²) in [5.74, 6) is -0.464. The van der Waals surface area contributed by atoms with Gasteiger partial charge < -0.3 is 24.5 Å². The maximum atomic E-state index is 13.3. The Bertz CT molecular complexity index is 1590. The Morgan fingerprint density at radius 1 is 1.15 bits per heavy atom. The van der Waals surface area contributed by atoms with Crippen LogP contribution in [0.15, 0.2) is 59.5 Å². The van der Waals surface area contributed by atoms with Gasteiger partial charge >= 0.3 is 0 Å². The van der Waals surface area contributed by atoms with E-state index in [9.17, 15) is 9.59 Å². The van der Waals surface area contributed by atoms with Crippen LogP contribution in [0.1, 0.15) is 43.1 Å². The second-order valence-corrected chi connectivity index (χ2v) is 9.29. The molecule has 1 amide bonds. The molecule has 1 aromatic carbocycles. The zero-order chi connectivity index (χ0) is 29.2. The van der Waals surface area contributed by atoms with Crippen LogP contribution in [0.3, 0.4) is 0 Å². The molecule has 0 aliphatic rings. The molecule has 0 radical (unpaired) electrons. The van der Waals surface area contributed by atoms with Gasteiger partial charge in [-0.15, -0.1) is 0 Å². The molecule has 0 aliphatic carbocycles. The number of nitrogens with zero attached hydrogens (tertiary/aromatic N) is 3. The van der Waals surface area contributed by atoms with Crippen molar-refractivity contribution in [2.45, 2.75) is 46.3 Å². The number of hydrogen-bond donors (Lipinski definition) is 3. The normalized spacial score (nSPS) is 10.8. The van der Waals surface area contributed by atoms with Gasteiger partial charge in [-0.3, -0.25) is 24.2 Å². The summed E-state index contributed by atoms with van der Waals surface area (Å²) in [7, 11) is 1.62. The number of benzene rings is 1. The first-order chi connectivity index (χ1) is 19.1. The molecule has 3 aromatic heterocycles. The van der Waals surface area contributed by atoms with Gasteiger partial charge in [0, 0.05) is 32.8 Å². The lowest BCUT2D eigenvalue weighted by atomic mass is 10.1. The average Bonchev–Trinajstić information content (AvgIpc) is 2.92. The zero-order valence-electron chi connectivity index (χ0n) is 23.1. The molecule has 0 aliphatic heterocycles. The van der Waals surface area contributed by atoms with Crippen LogP contribution in [0.25, 0.3) is 16.7 Å². The minimum atomic E-state index is -0.833. The van der Waals surface area contributed by atoms with Crippen LogP contribution in [0, 0.1) is 5.41 Å². The monoisotopic (exact) mass is 549 g/mol. The highest BCUT2D eigenvalue weighted by atomic mass is 16.5. The molecular formula is C29H35N5O6. The molecule has 0 saturated heterocycles. The number of amides is 1. The number of aliphatic carboxylic acids is 1. The van der Waals surface area contributed by atoms with Crippen molar-refractivity contribution in [1.29, 1.82) is 5.41 Å². The third-order valence-electron chi connectivity index (χ3n) is 5.90. The number of pyridine rings is 2. The summed E-state index contributed by atoms with van der Waals surface area (Å²) in [6.45, 7) is 6.29. The fourth-order valence-electron chi connectivity index (χ4n) is 4.03. The molecule has 11 heteroatoms. The van der Waals surface area contributed by atoms with E-state index >= 15 is 0 Å². The molecule has 4 rings (SSSR count). The Hall–Kier alpha value is -4.51. The van der Waals surface area contributed by atoms with Gasteiger partial charge in [0.2, 0.25) is 0 Å². The Balaban J connectivity index is 0.00000103. The zero-order valence-corrected chi connectivity index (χ0v) is 23.1. The van der Waals surface area contributed by atoms with Gasteiger partial charge in [-0.1, -0.05) is 18.2 Å². The van der Waals surface area contributed by atoms with E-state index in [0.717, 1.165) is 18.2 Å². The SMILES string of the molecule is CC(=O)O.COc1ccc(CCNC(=O)c2cc3c(=O)n4ccccc4nc3n(CCCOC(C)C)c2=N)cc1. The van der Waals surface area contributed by atoms with Crippen molar-refractivity contribution < 1.29 is 24.2 Å². The number of carboxylic acid groups (broad SMARTS) is 1. The van der Waals surface area contributed by atoms with E-state index in [4.69, 9.17) is 24.8 Å². The fourth-order valence-corrected chi connectivity index (χ4v) is 4.03. The van der Waals surface area contributed by atoms with Gasteiger partial charge in [0.25, 0.3) is 17.4 Å². The highest BCUT2D eigenvalue weighted by Crippen LogP contribution is 2.13. The van der Waals surface area contributed by atoms with Gasteiger partial charge in [-0.05, 0) is 62.6 Å². The molecule has 0 fully saturated rings. The highest BCUT2D eigenvalue weighted by molar-refractivity contribution is 5.96. The van der Waals surface area contributed by atoms with E-state index in [2.05, 4.69) is 10.3 Å². The number of aryl methyl sites for hydroxylation is 1. The molecule has 0 unspecified atom stereocenters. The Kier molecular flexibility index (Phi) is 10.5. The summed E-state index contributed by atoms with van der Waals surface area (Å²) in [5.41, 5.74) is 1.79. The molecule has 212 valence electrons. The van der Waals surface area contributed by atoms with E-state index in [1.54, 1.807) is 36.1 Å². The molecule has 0 atom stereocenters. The predicted octanol–water partition coefficient (Wildman–Crippen LogP) is 3.02. The molecule has 3 heterocycles. The lowest BCUT2D eigenvalue weighted by Crippen LogP contribution is -2.36. The van der Waals surface area contributed by atoms with Gasteiger partial charge in [0.05, 0.1) is 24.2 Å². The number of nitrogens with one attached hydrogen (secondary N) is 2. The Morgan fingerprint density at radius 2 is 1.85 bits per heavy atom. The van der Waals surface area contributed by atoms with E-state index < -0.39 is 11.9 Å². The number of hydrogen-bond acceptors (Lipinski definition) is 7. The number of carbonyl (C=O) groups excluding carboxylic acids is 1. The molecule has 11 nitrogen and oxygen atoms in total. The predicted molar refractivity (Wildman–Crippen MR) is 151 cm³/mol. The maximum Gasteiger partial charge on any atom is 0.300 e. The quantitative estimate of drug-likeness (QED) is 0.203. The number of fused-ring (bicyclic) bond motifs is 2. The molecule has 4 aromatic rings. The lowest BCUT2D eigenvalue weighted by molar-refractivity contribution is -0.134. The topological polar surface area (TPSA) is 148 Å². The maximum absolute atomic E-state index is 13.3. The second kappa shape index (κ2) is 14.0. The first-order valence-electron chi connectivity index (χ1n) is 12.9. The largest absolute Gasteiger partial charge is 0.497 e. The smallest absolute Gasteiger partial charge is 0.300 e. The van der Waals surface area contributed by atoms with Crippen LogP contribution in [0.4, 0.5) is 0 Å². The molecule has 3 N–H and O–H groups in total. The van der Waals surface area contributed by atoms with Crippen molar-refractivity contribution in [3.63, 3.8) is 0 Å². The van der Waals surface area contributed by atoms with Gasteiger partial charge in [0.1, 0.15) is 22.5 Å². The van der Waals surface area contributed by atoms with Crippen molar-refractivity contribution in [2.24, 2.45) is 0 Å². The fraction of sp³-hybridized carbons (Fsp3) is 0.345. The summed E-state index contributed by atoms with van der Waals surface area (Å²) < 4.78 is 13.9. The first-order valence-corrected chi connectivity index (χ1v) is 12.9. The minimum absolute atomic E-state index is 0.0150. The van der Waals surface area contributed by atoms with Gasteiger partial charge in [-0.2, -0.15) is 0 Å². The number of ether oxygens (including phenoxy) is 2. The van der Waals surface area contributed by atoms with Crippen LogP contribution in [-0.4, -0.2) is 57.3 Å². The van der Waals surface area contributed by atoms with Crippen molar-refractivity contribution >= 4 is 28.6 Å². The van der Waals surface area contributed by atoms with Crippen molar-refractivity contribution in [1.82, 2.24) is 19.3 Å². The number of carbonyl (C=O) groups is 2. The van der Waals surface area contributed by atoms with Gasteiger partial charge in [0.15, 0.2) is 0 Å². The average molecular weight is 550 g/mol. The van der Waals surface area contributed by atoms with Crippen LogP contribution in [0.2, 0.25) is 0 Å². The van der Waals surface area contributed by atoms with Crippen molar-refractivity contribution in [3.8, 4) is 5.75 Å². The van der Waals surface area contributed by atoms with E-state index in [0.29, 0.717) is 49.2 Å². The summed E-state index contributed by atoms with van der Waals surface area (Å²) in [6.07, 6.45) is 2.98. The molecular weight excluding hydrogens is 514 g/mol. The number of carboxylic acids is 1. The van der Waals surface area contributed by atoms with Gasteiger partial charge in [-0.25, -0.2) is 4.98 Å². The second-order valence-electron chi connectivity index (χ2n) is 9.29. The van der Waals surface area contributed by atoms with E-state index in [1.165, 1.54) is 10.5 Å². The molecule has 0 saturated carbocycles. The van der Waals surface area contributed by atoms with Crippen LogP contribution >= 0.6 is 0 Å². The third kappa shape index (κ3) is 7.76. The lowest BCUT2D eigenvalue weighted by Gasteiger charge is -2.15. The van der Waals surface area contributed by atoms with Crippen LogP contribution in [-0.2, 0) is 22.5 Å². The molecule has 0 spiro atoms. The number of aromatic nitrogens is 3. The van der Waals surface area contributed by atoms with Crippen LogP contribution in [0.5, 0.6) is 5.75 Å². The number of methoxy groups -OCH3 is 1. The third-order valence-corrected chi connectivity index (χ3v) is 5.90. The Labute approximate surface area is 231 Å². The number of rotatable bonds is 10. The Morgan fingerprint density at radius 3 is 2.50 bits per heavy atom. The highest BCUT2D eigenvalue weighted by Gasteiger charge is 2.17. The van der Waals surface area contributed by atoms with Crippen LogP contribution < -0.4 is 21.1 Å². The molecule has 40 heavy (non-hydrogen) atoms. The minimum Gasteiger partial charge on any atom is -0.497 e. The summed E-state index contributed by atoms with van der Waals surface area (Å²) in [4.78, 5) is 40.1. The standard InChI is InChI=1S/C27H31N5O4.C2H4O2/c1-18(2)36-16-6-15-32-24(28)21(26(33)29-13-12-19-8-10-20(35-3)11-9-19)17-22-25(32)30-23-7-4-5-14-31(23)27(22)34;1-2(3)4/h4-5,7-11,14,17-18,28H,6,12-13,15-16H2,1-3H3,(H,29,33);1H3,(H,3,4). The first kappa shape index (κ1) is 30.0. The van der Waals surface area contributed by atoms with E-state index in [-0.39, 0.29) is 22.7 Å². The van der Waals surface area contributed by atoms with Crippen molar-refractivity contribution in [3.05, 3.63) is 81.7 Å². The summed E-state index contributed by atoms with van der Waals surface area (Å²) in [6, 6.07) is 14.4. The summed E-state index contributed by atoms with van der Waals surface area (Å²) >= 11 is 0. The van der Waals surface area contributed by atoms with E-state index in [1.807, 2.05) is 38.1 Å². The van der Waals surface area contributed by atoms with Crippen molar-refractivity contribution in [2.75, 3.05) is 20.3 Å². The summed E-state index contributed by atoms with van der Waals surface area (Å²) in [5, 5.41) is 19.4. The molecule has 0 bridgehead atoms.